The van der Waals surface area contributed by atoms with E-state index in [0.29, 0.717) is 16.0 Å². The van der Waals surface area contributed by atoms with E-state index in [-0.39, 0.29) is 6.04 Å². The average molecular weight is 321 g/mol. The van der Waals surface area contributed by atoms with Crippen molar-refractivity contribution in [1.29, 1.82) is 0 Å². The summed E-state index contributed by atoms with van der Waals surface area (Å²) in [5.74, 6) is 0. The molecule has 1 aromatic rings. The van der Waals surface area contributed by atoms with Crippen molar-refractivity contribution in [2.75, 3.05) is 6.26 Å². The van der Waals surface area contributed by atoms with Crippen molar-refractivity contribution in [3.63, 3.8) is 0 Å². The number of nitrogens with two attached hydrogens (primary N) is 1. The molecule has 1 fully saturated rings. The molecule has 0 radical (unpaired) electrons. The predicted octanol–water partition coefficient (Wildman–Crippen LogP) is 2.16. The smallest absolute Gasteiger partial charge is 0.250 e. The topological polar surface area (TPSA) is 72.2 Å². The predicted molar refractivity (Wildman–Crippen MR) is 82.1 cm³/mol. The van der Waals surface area contributed by atoms with Crippen molar-refractivity contribution in [1.82, 2.24) is 4.72 Å². The second-order valence-electron chi connectivity index (χ2n) is 4.81. The first-order chi connectivity index (χ1) is 9.05. The summed E-state index contributed by atoms with van der Waals surface area (Å²) >= 11 is 3.12. The molecular weight excluding hydrogens is 300 g/mol. The molecule has 2 rings (SSSR count). The molecular formula is C12H20N2O2S3. The third-order valence-corrected chi connectivity index (χ3v) is 7.61. The van der Waals surface area contributed by atoms with Gasteiger partial charge in [0.05, 0.1) is 0 Å². The number of thiophene rings is 1. The molecule has 3 N–H and O–H groups in total. The Kier molecular flexibility index (Phi) is 5.30. The monoisotopic (exact) mass is 320 g/mol. The highest BCUT2D eigenvalue weighted by molar-refractivity contribution is 7.99. The molecule has 0 aliphatic heterocycles. The van der Waals surface area contributed by atoms with E-state index in [9.17, 15) is 8.42 Å². The lowest BCUT2D eigenvalue weighted by Gasteiger charge is -2.27. The Balaban J connectivity index is 1.98. The van der Waals surface area contributed by atoms with Gasteiger partial charge in [-0.25, -0.2) is 13.1 Å². The lowest BCUT2D eigenvalue weighted by molar-refractivity contribution is 0.420. The van der Waals surface area contributed by atoms with Gasteiger partial charge in [-0.2, -0.15) is 11.8 Å². The van der Waals surface area contributed by atoms with Crippen molar-refractivity contribution in [3.8, 4) is 0 Å². The molecule has 0 amide bonds. The van der Waals surface area contributed by atoms with Crippen LogP contribution in [-0.4, -0.2) is 26.0 Å². The maximum absolute atomic E-state index is 12.2. The zero-order chi connectivity index (χ0) is 13.9. The largest absolute Gasteiger partial charge is 0.326 e. The van der Waals surface area contributed by atoms with Crippen molar-refractivity contribution >= 4 is 33.1 Å². The highest BCUT2D eigenvalue weighted by atomic mass is 32.2. The van der Waals surface area contributed by atoms with Gasteiger partial charge in [0.1, 0.15) is 4.21 Å². The van der Waals surface area contributed by atoms with Gasteiger partial charge >= 0.3 is 0 Å². The molecule has 1 aliphatic carbocycles. The summed E-state index contributed by atoms with van der Waals surface area (Å²) in [6, 6.07) is 1.75. The molecule has 1 saturated carbocycles. The average Bonchev–Trinajstić information content (AvgIpc) is 2.89. The van der Waals surface area contributed by atoms with E-state index < -0.39 is 10.0 Å². The Morgan fingerprint density at radius 1 is 1.42 bits per heavy atom. The Morgan fingerprint density at radius 3 is 2.63 bits per heavy atom. The fourth-order valence-corrected chi connectivity index (χ4v) is 5.58. The fraction of sp³-hybridized carbons (Fsp3) is 0.667. The van der Waals surface area contributed by atoms with Gasteiger partial charge in [-0.15, -0.1) is 11.3 Å². The number of sulfonamides is 1. The Bertz CT molecular complexity index is 505. The van der Waals surface area contributed by atoms with Gasteiger partial charge in [0.25, 0.3) is 0 Å². The van der Waals surface area contributed by atoms with Crippen LogP contribution in [0.15, 0.2) is 15.7 Å². The van der Waals surface area contributed by atoms with Crippen molar-refractivity contribution in [2.45, 2.75) is 47.7 Å². The summed E-state index contributed by atoms with van der Waals surface area (Å²) in [5, 5.41) is 2.49. The van der Waals surface area contributed by atoms with E-state index in [2.05, 4.69) is 11.0 Å². The van der Waals surface area contributed by atoms with Gasteiger partial charge in [0.15, 0.2) is 0 Å². The van der Waals surface area contributed by atoms with E-state index in [0.717, 1.165) is 31.2 Å². The second kappa shape index (κ2) is 6.58. The lowest BCUT2D eigenvalue weighted by Crippen LogP contribution is -2.37. The Labute approximate surface area is 123 Å². The zero-order valence-electron chi connectivity index (χ0n) is 11.0. The summed E-state index contributed by atoms with van der Waals surface area (Å²) < 4.78 is 27.7. The maximum atomic E-state index is 12.2. The zero-order valence-corrected chi connectivity index (χ0v) is 13.4. The van der Waals surface area contributed by atoms with E-state index in [1.807, 2.05) is 11.8 Å². The molecule has 4 nitrogen and oxygen atoms in total. The van der Waals surface area contributed by atoms with Crippen LogP contribution in [0.5, 0.6) is 0 Å². The molecule has 1 aliphatic rings. The SMILES string of the molecule is CSC1CCC(NS(=O)(=O)c2cc(CN)cs2)CC1. The molecule has 1 heterocycles. The molecule has 108 valence electrons. The number of thioether (sulfide) groups is 1. The summed E-state index contributed by atoms with van der Waals surface area (Å²) in [7, 11) is -3.37. The van der Waals surface area contributed by atoms with E-state index in [1.165, 1.54) is 11.3 Å². The minimum Gasteiger partial charge on any atom is -0.326 e. The van der Waals surface area contributed by atoms with E-state index in [4.69, 9.17) is 5.73 Å². The lowest BCUT2D eigenvalue weighted by atomic mass is 9.96. The van der Waals surface area contributed by atoms with Crippen LogP contribution in [0.3, 0.4) is 0 Å². The summed E-state index contributed by atoms with van der Waals surface area (Å²) in [6.07, 6.45) is 6.16. The first kappa shape index (κ1) is 15.3. The van der Waals surface area contributed by atoms with Crippen LogP contribution in [0.2, 0.25) is 0 Å². The van der Waals surface area contributed by atoms with E-state index >= 15 is 0 Å². The summed E-state index contributed by atoms with van der Waals surface area (Å²) in [4.78, 5) is 0. The molecule has 0 unspecified atom stereocenters. The van der Waals surface area contributed by atoms with Crippen LogP contribution in [-0.2, 0) is 16.6 Å². The third-order valence-electron chi connectivity index (χ3n) is 3.46. The van der Waals surface area contributed by atoms with E-state index in [1.54, 1.807) is 11.4 Å². The van der Waals surface area contributed by atoms with Gasteiger partial charge in [-0.05, 0) is 48.9 Å². The number of nitrogens with one attached hydrogen (secondary N) is 1. The molecule has 0 saturated heterocycles. The first-order valence-corrected chi connectivity index (χ1v) is 10.0. The van der Waals surface area contributed by atoms with Gasteiger partial charge < -0.3 is 5.73 Å². The van der Waals surface area contributed by atoms with Crippen LogP contribution in [0.1, 0.15) is 31.2 Å². The molecule has 1 aromatic heterocycles. The van der Waals surface area contributed by atoms with Gasteiger partial charge in [-0.3, -0.25) is 0 Å². The molecule has 0 aromatic carbocycles. The number of rotatable bonds is 5. The van der Waals surface area contributed by atoms with Crippen molar-refractivity contribution < 1.29 is 8.42 Å². The van der Waals surface area contributed by atoms with Crippen LogP contribution in [0, 0.1) is 0 Å². The minimum atomic E-state index is -3.37. The minimum absolute atomic E-state index is 0.0804. The standard InChI is InChI=1S/C12H20N2O2S3/c1-17-11-4-2-10(3-5-11)14-19(15,16)12-6-9(7-13)8-18-12/h6,8,10-11,14H,2-5,7,13H2,1H3. The highest BCUT2D eigenvalue weighted by Gasteiger charge is 2.26. The summed E-state index contributed by atoms with van der Waals surface area (Å²) in [6.45, 7) is 0.380. The van der Waals surface area contributed by atoms with Crippen LogP contribution in [0.25, 0.3) is 0 Å². The van der Waals surface area contributed by atoms with Gasteiger partial charge in [-0.1, -0.05) is 0 Å². The molecule has 7 heteroatoms. The summed E-state index contributed by atoms with van der Waals surface area (Å²) in [5.41, 5.74) is 6.38. The normalized spacial score (nSPS) is 24.5. The second-order valence-corrected chi connectivity index (χ2v) is 8.80. The molecule has 0 atom stereocenters. The fourth-order valence-electron chi connectivity index (χ4n) is 2.30. The molecule has 0 spiro atoms. The molecule has 19 heavy (non-hydrogen) atoms. The Morgan fingerprint density at radius 2 is 2.11 bits per heavy atom. The first-order valence-electron chi connectivity index (χ1n) is 6.37. The maximum Gasteiger partial charge on any atom is 0.250 e. The van der Waals surface area contributed by atoms with Gasteiger partial charge in [0.2, 0.25) is 10.0 Å². The van der Waals surface area contributed by atoms with Crippen LogP contribution < -0.4 is 10.5 Å². The van der Waals surface area contributed by atoms with Crippen molar-refractivity contribution in [2.24, 2.45) is 5.73 Å². The van der Waals surface area contributed by atoms with Crippen molar-refractivity contribution in [3.05, 3.63) is 17.0 Å². The van der Waals surface area contributed by atoms with Crippen LogP contribution in [0.4, 0.5) is 0 Å². The number of hydrogen-bond acceptors (Lipinski definition) is 5. The molecule has 0 bridgehead atoms. The van der Waals surface area contributed by atoms with Gasteiger partial charge in [0, 0.05) is 17.8 Å². The third kappa shape index (κ3) is 3.95. The number of hydrogen-bond donors (Lipinski definition) is 2. The van der Waals surface area contributed by atoms with Crippen LogP contribution >= 0.6 is 23.1 Å². The Hall–Kier alpha value is -0.0800. The quantitative estimate of drug-likeness (QED) is 0.872. The highest BCUT2D eigenvalue weighted by Crippen LogP contribution is 2.28.